The van der Waals surface area contributed by atoms with Gasteiger partial charge in [-0.15, -0.1) is 0 Å². The van der Waals surface area contributed by atoms with E-state index in [1.54, 1.807) is 18.5 Å². The van der Waals surface area contributed by atoms with Crippen LogP contribution in [0.15, 0.2) is 23.6 Å². The zero-order valence-electron chi connectivity index (χ0n) is 6.69. The van der Waals surface area contributed by atoms with Crippen LogP contribution in [0, 0.1) is 5.41 Å². The molecule has 5 heteroatoms. The second-order valence-electron chi connectivity index (χ2n) is 2.25. The first-order valence-corrected chi connectivity index (χ1v) is 4.35. The average Bonchev–Trinajstić information content (AvgIpc) is 2.06. The van der Waals surface area contributed by atoms with E-state index in [0.717, 1.165) is 0 Å². The Kier molecular flexibility index (Phi) is 3.04. The maximum absolute atomic E-state index is 7.15. The fraction of sp³-hybridized carbons (Fsp3) is 0.286. The molecule has 1 unspecified atom stereocenters. The summed E-state index contributed by atoms with van der Waals surface area (Å²) in [5.74, 6) is 0.146. The fourth-order valence-electron chi connectivity index (χ4n) is 0.568. The number of nitrogens with two attached hydrogens (primary N) is 1. The predicted octanol–water partition coefficient (Wildman–Crippen LogP) is 0.893. The van der Waals surface area contributed by atoms with Gasteiger partial charge in [-0.2, -0.15) is 0 Å². The van der Waals surface area contributed by atoms with Gasteiger partial charge in [-0.3, -0.25) is 5.41 Å². The summed E-state index contributed by atoms with van der Waals surface area (Å²) in [6.07, 6.45) is 3.34. The van der Waals surface area contributed by atoms with Crippen molar-refractivity contribution >= 4 is 17.6 Å². The number of hydrogen-bond acceptors (Lipinski definition) is 4. The van der Waals surface area contributed by atoms with Crippen molar-refractivity contribution in [3.63, 3.8) is 0 Å². The topological polar surface area (TPSA) is 75.7 Å². The number of nitrogens with one attached hydrogen (secondary N) is 1. The summed E-state index contributed by atoms with van der Waals surface area (Å²) >= 11 is 1.38. The lowest BCUT2D eigenvalue weighted by atomic mass is 10.4. The van der Waals surface area contributed by atoms with Crippen molar-refractivity contribution < 1.29 is 0 Å². The van der Waals surface area contributed by atoms with Gasteiger partial charge < -0.3 is 5.73 Å². The molecule has 0 aliphatic heterocycles. The number of hydrogen-bond donors (Lipinski definition) is 2. The van der Waals surface area contributed by atoms with Gasteiger partial charge in [0.2, 0.25) is 0 Å². The van der Waals surface area contributed by atoms with Gasteiger partial charge in [0.25, 0.3) is 0 Å². The minimum Gasteiger partial charge on any atom is -0.387 e. The molecule has 0 aliphatic carbocycles. The van der Waals surface area contributed by atoms with E-state index in [4.69, 9.17) is 11.1 Å². The fourth-order valence-corrected chi connectivity index (χ4v) is 1.25. The number of nitrogens with zero attached hydrogens (tertiary/aromatic N) is 2. The second kappa shape index (κ2) is 4.06. The van der Waals surface area contributed by atoms with Gasteiger partial charge in [-0.25, -0.2) is 9.97 Å². The van der Waals surface area contributed by atoms with Crippen LogP contribution in [-0.4, -0.2) is 21.1 Å². The van der Waals surface area contributed by atoms with Crippen molar-refractivity contribution in [1.82, 2.24) is 9.97 Å². The summed E-state index contributed by atoms with van der Waals surface area (Å²) in [6.45, 7) is 1.85. The van der Waals surface area contributed by atoms with E-state index in [0.29, 0.717) is 5.16 Å². The molecule has 4 nitrogen and oxygen atoms in total. The third kappa shape index (κ3) is 2.50. The second-order valence-corrected chi connectivity index (χ2v) is 3.55. The van der Waals surface area contributed by atoms with Crippen LogP contribution in [0.2, 0.25) is 0 Å². The number of thioether (sulfide) groups is 1. The molecule has 1 heterocycles. The summed E-state index contributed by atoms with van der Waals surface area (Å²) in [5, 5.41) is 7.74. The SMILES string of the molecule is CC(Sc1ncccn1)C(=N)N. The van der Waals surface area contributed by atoms with E-state index in [-0.39, 0.29) is 11.1 Å². The molecule has 3 N–H and O–H groups in total. The highest BCUT2D eigenvalue weighted by atomic mass is 32.2. The number of rotatable bonds is 3. The maximum Gasteiger partial charge on any atom is 0.188 e. The van der Waals surface area contributed by atoms with E-state index >= 15 is 0 Å². The first-order valence-electron chi connectivity index (χ1n) is 3.47. The standard InChI is InChI=1S/C7H10N4S/c1-5(6(8)9)12-7-10-3-2-4-11-7/h2-5H,1H3,(H3,8,9). The number of amidine groups is 1. The summed E-state index contributed by atoms with van der Waals surface area (Å²) in [4.78, 5) is 8.00. The van der Waals surface area contributed by atoms with Crippen LogP contribution in [0.3, 0.4) is 0 Å². The van der Waals surface area contributed by atoms with E-state index in [9.17, 15) is 0 Å². The minimum absolute atomic E-state index is 0.0626. The van der Waals surface area contributed by atoms with Crippen molar-refractivity contribution in [1.29, 1.82) is 5.41 Å². The van der Waals surface area contributed by atoms with Crippen LogP contribution in [0.4, 0.5) is 0 Å². The molecular formula is C7H10N4S. The largest absolute Gasteiger partial charge is 0.387 e. The van der Waals surface area contributed by atoms with Crippen molar-refractivity contribution in [3.8, 4) is 0 Å². The van der Waals surface area contributed by atoms with Crippen LogP contribution in [0.1, 0.15) is 6.92 Å². The summed E-state index contributed by atoms with van der Waals surface area (Å²) in [7, 11) is 0. The van der Waals surface area contributed by atoms with E-state index in [1.165, 1.54) is 11.8 Å². The Morgan fingerprint density at radius 3 is 2.67 bits per heavy atom. The molecule has 0 aliphatic rings. The molecule has 1 atom stereocenters. The highest BCUT2D eigenvalue weighted by Crippen LogP contribution is 2.17. The Morgan fingerprint density at radius 1 is 1.58 bits per heavy atom. The average molecular weight is 182 g/mol. The van der Waals surface area contributed by atoms with Gasteiger partial charge in [0.1, 0.15) is 5.84 Å². The van der Waals surface area contributed by atoms with Gasteiger partial charge in [0.05, 0.1) is 5.25 Å². The highest BCUT2D eigenvalue weighted by Gasteiger charge is 2.07. The normalized spacial score (nSPS) is 12.4. The molecule has 0 aromatic carbocycles. The van der Waals surface area contributed by atoms with Gasteiger partial charge in [0.15, 0.2) is 5.16 Å². The Labute approximate surface area is 75.1 Å². The maximum atomic E-state index is 7.15. The lowest BCUT2D eigenvalue weighted by molar-refractivity contribution is 0.963. The van der Waals surface area contributed by atoms with Crippen molar-refractivity contribution in [3.05, 3.63) is 18.5 Å². The monoisotopic (exact) mass is 182 g/mol. The highest BCUT2D eigenvalue weighted by molar-refractivity contribution is 8.00. The zero-order valence-corrected chi connectivity index (χ0v) is 7.51. The lowest BCUT2D eigenvalue weighted by Crippen LogP contribution is -2.21. The third-order valence-electron chi connectivity index (χ3n) is 1.26. The molecule has 0 fully saturated rings. The van der Waals surface area contributed by atoms with Gasteiger partial charge in [-0.1, -0.05) is 11.8 Å². The quantitative estimate of drug-likeness (QED) is 0.315. The van der Waals surface area contributed by atoms with Gasteiger partial charge >= 0.3 is 0 Å². The van der Waals surface area contributed by atoms with Crippen LogP contribution < -0.4 is 5.73 Å². The minimum atomic E-state index is -0.0626. The molecule has 0 spiro atoms. The molecule has 64 valence electrons. The molecule has 0 saturated carbocycles. The number of aromatic nitrogens is 2. The van der Waals surface area contributed by atoms with Crippen LogP contribution in [0.25, 0.3) is 0 Å². The molecule has 0 bridgehead atoms. The molecule has 1 rings (SSSR count). The molecule has 1 aromatic rings. The summed E-state index contributed by atoms with van der Waals surface area (Å²) in [6, 6.07) is 1.75. The van der Waals surface area contributed by atoms with Gasteiger partial charge in [-0.05, 0) is 13.0 Å². The molecular weight excluding hydrogens is 172 g/mol. The predicted molar refractivity (Wildman–Crippen MR) is 49.3 cm³/mol. The molecule has 0 amide bonds. The third-order valence-corrected chi connectivity index (χ3v) is 2.29. The molecule has 12 heavy (non-hydrogen) atoms. The van der Waals surface area contributed by atoms with Crippen molar-refractivity contribution in [2.75, 3.05) is 0 Å². The molecule has 1 aromatic heterocycles. The Balaban J connectivity index is 2.58. The van der Waals surface area contributed by atoms with E-state index < -0.39 is 0 Å². The van der Waals surface area contributed by atoms with E-state index in [2.05, 4.69) is 9.97 Å². The lowest BCUT2D eigenvalue weighted by Gasteiger charge is -2.05. The van der Waals surface area contributed by atoms with Crippen LogP contribution >= 0.6 is 11.8 Å². The zero-order chi connectivity index (χ0) is 8.97. The Bertz CT molecular complexity index is 261. The summed E-state index contributed by atoms with van der Waals surface area (Å²) < 4.78 is 0. The summed E-state index contributed by atoms with van der Waals surface area (Å²) in [5.41, 5.74) is 5.29. The van der Waals surface area contributed by atoms with Crippen molar-refractivity contribution in [2.45, 2.75) is 17.3 Å². The first kappa shape index (κ1) is 8.99. The Morgan fingerprint density at radius 2 is 2.17 bits per heavy atom. The van der Waals surface area contributed by atoms with Gasteiger partial charge in [0, 0.05) is 12.4 Å². The van der Waals surface area contributed by atoms with Crippen LogP contribution in [0.5, 0.6) is 0 Å². The van der Waals surface area contributed by atoms with E-state index in [1.807, 2.05) is 6.92 Å². The molecule has 0 radical (unpaired) electrons. The Hall–Kier alpha value is -1.10. The van der Waals surface area contributed by atoms with Crippen LogP contribution in [-0.2, 0) is 0 Å². The smallest absolute Gasteiger partial charge is 0.188 e. The van der Waals surface area contributed by atoms with Crippen molar-refractivity contribution in [2.24, 2.45) is 5.73 Å². The first-order chi connectivity index (χ1) is 5.70. The molecule has 0 saturated heterocycles.